The zero-order valence-corrected chi connectivity index (χ0v) is 17.4. The molecule has 0 aliphatic heterocycles. The molecule has 0 heterocycles. The highest BCUT2D eigenvalue weighted by atomic mass is 14.3. The molecule has 0 saturated heterocycles. The zero-order valence-electron chi connectivity index (χ0n) is 17.4. The van der Waals surface area contributed by atoms with Crippen molar-refractivity contribution < 1.29 is 0 Å². The molecule has 0 aromatic rings. The van der Waals surface area contributed by atoms with Crippen LogP contribution in [0.1, 0.15) is 148 Å². The van der Waals surface area contributed by atoms with Gasteiger partial charge in [0.15, 0.2) is 0 Å². The van der Waals surface area contributed by atoms with E-state index in [-0.39, 0.29) is 0 Å². The SMILES string of the molecule is C1CCCCCCC(C2CCCCCCCCCCC2)CCCCC1. The lowest BCUT2D eigenvalue weighted by Crippen LogP contribution is -2.16. The lowest BCUT2D eigenvalue weighted by molar-refractivity contribution is 0.236. The van der Waals surface area contributed by atoms with E-state index in [0.717, 1.165) is 11.8 Å². The van der Waals surface area contributed by atoms with Gasteiger partial charge in [0.25, 0.3) is 0 Å². The highest BCUT2D eigenvalue weighted by molar-refractivity contribution is 4.73. The highest BCUT2D eigenvalue weighted by Gasteiger charge is 2.20. The van der Waals surface area contributed by atoms with Crippen LogP contribution in [0.2, 0.25) is 0 Å². The minimum Gasteiger partial charge on any atom is -0.0533 e. The Kier molecular flexibility index (Phi) is 12.9. The average Bonchev–Trinajstić information content (AvgIpc) is 2.64. The quantitative estimate of drug-likeness (QED) is 0.443. The summed E-state index contributed by atoms with van der Waals surface area (Å²) in [5, 5.41) is 0. The second-order valence-electron chi connectivity index (χ2n) is 9.39. The van der Waals surface area contributed by atoms with Crippen LogP contribution in [0, 0.1) is 11.8 Å². The fourth-order valence-electron chi connectivity index (χ4n) is 5.51. The molecule has 0 nitrogen and oxygen atoms in total. The van der Waals surface area contributed by atoms with Gasteiger partial charge in [0.1, 0.15) is 0 Å². The third kappa shape index (κ3) is 10.7. The number of rotatable bonds is 1. The molecule has 2 fully saturated rings. The average molecular weight is 349 g/mol. The van der Waals surface area contributed by atoms with E-state index in [4.69, 9.17) is 0 Å². The summed E-state index contributed by atoms with van der Waals surface area (Å²) >= 11 is 0. The Morgan fingerprint density at radius 1 is 0.200 bits per heavy atom. The molecule has 2 rings (SSSR count). The van der Waals surface area contributed by atoms with E-state index in [0.29, 0.717) is 0 Å². The lowest BCUT2D eigenvalue weighted by Gasteiger charge is -2.28. The van der Waals surface area contributed by atoms with Crippen molar-refractivity contribution >= 4 is 0 Å². The highest BCUT2D eigenvalue weighted by Crippen LogP contribution is 2.34. The Labute approximate surface area is 159 Å². The van der Waals surface area contributed by atoms with Gasteiger partial charge in [0.2, 0.25) is 0 Å². The van der Waals surface area contributed by atoms with Gasteiger partial charge in [-0.05, 0) is 11.8 Å². The van der Waals surface area contributed by atoms with Crippen molar-refractivity contribution in [3.63, 3.8) is 0 Å². The van der Waals surface area contributed by atoms with Crippen LogP contribution < -0.4 is 0 Å². The van der Waals surface area contributed by atoms with Crippen molar-refractivity contribution in [1.29, 1.82) is 0 Å². The first-order chi connectivity index (χ1) is 12.5. The predicted octanol–water partition coefficient (Wildman–Crippen LogP) is 9.22. The Morgan fingerprint density at radius 3 is 0.560 bits per heavy atom. The van der Waals surface area contributed by atoms with Crippen LogP contribution in [-0.2, 0) is 0 Å². The monoisotopic (exact) mass is 348 g/mol. The topological polar surface area (TPSA) is 0 Å². The minimum atomic E-state index is 1.07. The molecule has 0 radical (unpaired) electrons. The van der Waals surface area contributed by atoms with E-state index in [2.05, 4.69) is 0 Å². The Morgan fingerprint density at radius 2 is 0.360 bits per heavy atom. The van der Waals surface area contributed by atoms with Crippen molar-refractivity contribution in [3.05, 3.63) is 0 Å². The molecule has 0 atom stereocenters. The summed E-state index contributed by atoms with van der Waals surface area (Å²) in [6.45, 7) is 0. The van der Waals surface area contributed by atoms with Crippen molar-refractivity contribution in [2.24, 2.45) is 11.8 Å². The van der Waals surface area contributed by atoms with E-state index in [9.17, 15) is 0 Å². The molecule has 0 N–H and O–H groups in total. The second kappa shape index (κ2) is 15.1. The predicted molar refractivity (Wildman–Crippen MR) is 113 cm³/mol. The fraction of sp³-hybridized carbons (Fsp3) is 1.00. The summed E-state index contributed by atoms with van der Waals surface area (Å²) in [5.41, 5.74) is 0. The molecule has 2 aliphatic rings. The molecule has 148 valence electrons. The first kappa shape index (κ1) is 21.3. The standard InChI is InChI=1S/C25H48/c1-2-5-9-13-17-21-24(20-16-12-8-4-1)25-22-18-14-10-6-3-7-11-15-19-23-25/h24-25H,1-23H2. The van der Waals surface area contributed by atoms with E-state index in [1.54, 1.807) is 25.7 Å². The van der Waals surface area contributed by atoms with Gasteiger partial charge in [-0.2, -0.15) is 0 Å². The van der Waals surface area contributed by atoms with Crippen LogP contribution in [-0.4, -0.2) is 0 Å². The van der Waals surface area contributed by atoms with E-state index in [1.807, 2.05) is 0 Å². The van der Waals surface area contributed by atoms with Crippen molar-refractivity contribution in [1.82, 2.24) is 0 Å². The van der Waals surface area contributed by atoms with Gasteiger partial charge >= 0.3 is 0 Å². The fourth-order valence-corrected chi connectivity index (χ4v) is 5.51. The summed E-state index contributed by atoms with van der Waals surface area (Å²) in [4.78, 5) is 0. The maximum atomic E-state index is 1.56. The molecular weight excluding hydrogens is 300 g/mol. The Bertz CT molecular complexity index is 256. The van der Waals surface area contributed by atoms with E-state index in [1.165, 1.54) is 122 Å². The third-order valence-electron chi connectivity index (χ3n) is 7.22. The van der Waals surface area contributed by atoms with Crippen molar-refractivity contribution in [2.75, 3.05) is 0 Å². The van der Waals surface area contributed by atoms with Crippen LogP contribution >= 0.6 is 0 Å². The van der Waals surface area contributed by atoms with Gasteiger partial charge in [0.05, 0.1) is 0 Å². The van der Waals surface area contributed by atoms with E-state index < -0.39 is 0 Å². The lowest BCUT2D eigenvalue weighted by atomic mass is 9.78. The third-order valence-corrected chi connectivity index (χ3v) is 7.22. The molecule has 0 unspecified atom stereocenters. The first-order valence-corrected chi connectivity index (χ1v) is 12.5. The second-order valence-corrected chi connectivity index (χ2v) is 9.39. The minimum absolute atomic E-state index is 1.07. The van der Waals surface area contributed by atoms with Crippen LogP contribution in [0.3, 0.4) is 0 Å². The molecule has 0 heteroatoms. The summed E-state index contributed by atoms with van der Waals surface area (Å²) in [7, 11) is 0. The van der Waals surface area contributed by atoms with Gasteiger partial charge in [-0.1, -0.05) is 148 Å². The summed E-state index contributed by atoms with van der Waals surface area (Å²) in [5.74, 6) is 2.15. The van der Waals surface area contributed by atoms with Gasteiger partial charge in [-0.3, -0.25) is 0 Å². The van der Waals surface area contributed by atoms with Gasteiger partial charge in [-0.15, -0.1) is 0 Å². The maximum absolute atomic E-state index is 1.56. The molecule has 25 heavy (non-hydrogen) atoms. The van der Waals surface area contributed by atoms with Crippen molar-refractivity contribution in [3.8, 4) is 0 Å². The van der Waals surface area contributed by atoms with Crippen LogP contribution in [0.5, 0.6) is 0 Å². The Hall–Kier alpha value is 0. The number of hydrogen-bond acceptors (Lipinski definition) is 0. The molecule has 0 aromatic carbocycles. The molecular formula is C25H48. The van der Waals surface area contributed by atoms with Crippen molar-refractivity contribution in [2.45, 2.75) is 148 Å². The van der Waals surface area contributed by atoms with Crippen LogP contribution in [0.25, 0.3) is 0 Å². The normalized spacial score (nSPS) is 26.4. The maximum Gasteiger partial charge on any atom is -0.0386 e. The summed E-state index contributed by atoms with van der Waals surface area (Å²) in [6, 6.07) is 0. The number of hydrogen-bond donors (Lipinski definition) is 0. The zero-order chi connectivity index (χ0) is 17.4. The molecule has 2 aliphatic carbocycles. The molecule has 0 spiro atoms. The summed E-state index contributed by atoms with van der Waals surface area (Å²) < 4.78 is 0. The largest absolute Gasteiger partial charge is 0.0533 e. The van der Waals surface area contributed by atoms with Crippen LogP contribution in [0.15, 0.2) is 0 Å². The Balaban J connectivity index is 1.82. The van der Waals surface area contributed by atoms with Gasteiger partial charge in [0, 0.05) is 0 Å². The molecule has 0 bridgehead atoms. The van der Waals surface area contributed by atoms with Gasteiger partial charge < -0.3 is 0 Å². The van der Waals surface area contributed by atoms with E-state index >= 15 is 0 Å². The smallest absolute Gasteiger partial charge is 0.0386 e. The first-order valence-electron chi connectivity index (χ1n) is 12.5. The summed E-state index contributed by atoms with van der Waals surface area (Å²) in [6.07, 6.45) is 35.0. The molecule has 0 aromatic heterocycles. The van der Waals surface area contributed by atoms with Gasteiger partial charge in [-0.25, -0.2) is 0 Å². The van der Waals surface area contributed by atoms with Crippen LogP contribution in [0.4, 0.5) is 0 Å². The molecule has 2 saturated carbocycles. The molecule has 0 amide bonds.